The van der Waals surface area contributed by atoms with Crippen LogP contribution in [0.2, 0.25) is 0 Å². The molecule has 0 spiro atoms. The van der Waals surface area contributed by atoms with Crippen LogP contribution in [0.4, 0.5) is 5.69 Å². The van der Waals surface area contributed by atoms with Gasteiger partial charge >= 0.3 is 0 Å². The van der Waals surface area contributed by atoms with E-state index in [4.69, 9.17) is 4.42 Å². The van der Waals surface area contributed by atoms with Crippen molar-refractivity contribution in [3.05, 3.63) is 53.0 Å². The first-order valence-electron chi connectivity index (χ1n) is 7.04. The summed E-state index contributed by atoms with van der Waals surface area (Å²) >= 11 is 0. The number of nitrogens with zero attached hydrogens (tertiary/aromatic N) is 1. The zero-order valence-electron chi connectivity index (χ0n) is 13.1. The second-order valence-corrected chi connectivity index (χ2v) is 5.57. The third kappa shape index (κ3) is 4.20. The molecule has 1 aromatic heterocycles. The Balaban J connectivity index is 1.95. The number of likely N-dealkylation sites (N-methyl/N-ethyl adjacent to an activating group) is 1. The summed E-state index contributed by atoms with van der Waals surface area (Å²) in [5.74, 6) is 0.840. The Hall–Kier alpha value is -2.07. The predicted octanol–water partition coefficient (Wildman–Crippen LogP) is 3.28. The molecule has 0 saturated heterocycles. The first-order chi connectivity index (χ1) is 9.95. The van der Waals surface area contributed by atoms with Crippen LogP contribution in [0.1, 0.15) is 22.5 Å². The van der Waals surface area contributed by atoms with Crippen LogP contribution in [0.25, 0.3) is 0 Å². The number of carbonyl (C=O) groups excluding carboxylic acids is 1. The molecule has 0 atom stereocenters. The van der Waals surface area contributed by atoms with Crippen LogP contribution in [0.5, 0.6) is 0 Å². The zero-order valence-corrected chi connectivity index (χ0v) is 13.1. The molecule has 1 N–H and O–H groups in total. The standard InChI is InChI=1S/C17H22N2O2/c1-12-8-13(2)17(14(3)9-12)18-16(20)11-19(4)10-15-6-5-7-21-15/h5-9H,10-11H2,1-4H3,(H,18,20). The average Bonchev–Trinajstić information content (AvgIpc) is 2.86. The lowest BCUT2D eigenvalue weighted by molar-refractivity contribution is -0.117. The summed E-state index contributed by atoms with van der Waals surface area (Å²) in [5.41, 5.74) is 4.30. The summed E-state index contributed by atoms with van der Waals surface area (Å²) in [6, 6.07) is 7.91. The maximum atomic E-state index is 12.2. The van der Waals surface area contributed by atoms with E-state index in [1.54, 1.807) is 6.26 Å². The van der Waals surface area contributed by atoms with Gasteiger partial charge in [0, 0.05) is 5.69 Å². The summed E-state index contributed by atoms with van der Waals surface area (Å²) in [6.45, 7) is 7.03. The van der Waals surface area contributed by atoms with Gasteiger partial charge in [0.15, 0.2) is 0 Å². The molecule has 2 aromatic rings. The van der Waals surface area contributed by atoms with Gasteiger partial charge in [-0.3, -0.25) is 9.69 Å². The summed E-state index contributed by atoms with van der Waals surface area (Å²) in [7, 11) is 1.90. The molecule has 0 saturated carbocycles. The number of amides is 1. The lowest BCUT2D eigenvalue weighted by Gasteiger charge is -2.17. The van der Waals surface area contributed by atoms with Crippen molar-refractivity contribution >= 4 is 11.6 Å². The molecule has 1 heterocycles. The van der Waals surface area contributed by atoms with E-state index < -0.39 is 0 Å². The normalized spacial score (nSPS) is 10.9. The van der Waals surface area contributed by atoms with E-state index in [9.17, 15) is 4.79 Å². The number of rotatable bonds is 5. The molecule has 4 heteroatoms. The minimum Gasteiger partial charge on any atom is -0.468 e. The van der Waals surface area contributed by atoms with Crippen molar-refractivity contribution in [2.75, 3.05) is 18.9 Å². The van der Waals surface area contributed by atoms with Gasteiger partial charge in [-0.2, -0.15) is 0 Å². The van der Waals surface area contributed by atoms with Crippen molar-refractivity contribution in [2.24, 2.45) is 0 Å². The molecule has 4 nitrogen and oxygen atoms in total. The fourth-order valence-corrected chi connectivity index (χ4v) is 2.53. The maximum Gasteiger partial charge on any atom is 0.238 e. The van der Waals surface area contributed by atoms with Crippen LogP contribution in [0.3, 0.4) is 0 Å². The van der Waals surface area contributed by atoms with Crippen LogP contribution in [0, 0.1) is 20.8 Å². The number of aryl methyl sites for hydroxylation is 3. The van der Waals surface area contributed by atoms with Gasteiger partial charge in [0.25, 0.3) is 0 Å². The highest BCUT2D eigenvalue weighted by Crippen LogP contribution is 2.21. The summed E-state index contributed by atoms with van der Waals surface area (Å²) < 4.78 is 5.28. The number of carbonyl (C=O) groups is 1. The largest absolute Gasteiger partial charge is 0.468 e. The number of anilines is 1. The van der Waals surface area contributed by atoms with Gasteiger partial charge in [0.2, 0.25) is 5.91 Å². The smallest absolute Gasteiger partial charge is 0.238 e. The van der Waals surface area contributed by atoms with Gasteiger partial charge in [-0.15, -0.1) is 0 Å². The van der Waals surface area contributed by atoms with Gasteiger partial charge in [-0.05, 0) is 51.1 Å². The monoisotopic (exact) mass is 286 g/mol. The third-order valence-electron chi connectivity index (χ3n) is 3.36. The van der Waals surface area contributed by atoms with Gasteiger partial charge in [-0.25, -0.2) is 0 Å². The van der Waals surface area contributed by atoms with Gasteiger partial charge in [0.05, 0.1) is 19.4 Å². The highest BCUT2D eigenvalue weighted by Gasteiger charge is 2.11. The van der Waals surface area contributed by atoms with E-state index in [2.05, 4.69) is 24.4 Å². The van der Waals surface area contributed by atoms with Crippen molar-refractivity contribution < 1.29 is 9.21 Å². The second-order valence-electron chi connectivity index (χ2n) is 5.57. The maximum absolute atomic E-state index is 12.2. The number of nitrogens with one attached hydrogen (secondary N) is 1. The van der Waals surface area contributed by atoms with Gasteiger partial charge in [0.1, 0.15) is 5.76 Å². The first-order valence-corrected chi connectivity index (χ1v) is 7.04. The number of hydrogen-bond acceptors (Lipinski definition) is 3. The van der Waals surface area contributed by atoms with E-state index >= 15 is 0 Å². The minimum atomic E-state index is -0.0147. The van der Waals surface area contributed by atoms with E-state index in [0.29, 0.717) is 13.1 Å². The molecule has 21 heavy (non-hydrogen) atoms. The van der Waals surface area contributed by atoms with Crippen molar-refractivity contribution in [3.8, 4) is 0 Å². The lowest BCUT2D eigenvalue weighted by Crippen LogP contribution is -2.30. The molecule has 0 fully saturated rings. The Kier molecular flexibility index (Phi) is 4.81. The van der Waals surface area contributed by atoms with E-state index in [-0.39, 0.29) is 5.91 Å². The predicted molar refractivity (Wildman–Crippen MR) is 84.3 cm³/mol. The lowest BCUT2D eigenvalue weighted by atomic mass is 10.1. The van der Waals surface area contributed by atoms with E-state index in [1.807, 2.05) is 37.9 Å². The minimum absolute atomic E-state index is 0.0147. The number of furan rings is 1. The van der Waals surface area contributed by atoms with Crippen LogP contribution in [-0.4, -0.2) is 24.4 Å². The fourth-order valence-electron chi connectivity index (χ4n) is 2.53. The Morgan fingerprint density at radius 1 is 1.24 bits per heavy atom. The Morgan fingerprint density at radius 2 is 1.90 bits per heavy atom. The van der Waals surface area contributed by atoms with Crippen molar-refractivity contribution in [1.82, 2.24) is 4.90 Å². The molecule has 0 radical (unpaired) electrons. The Bertz CT molecular complexity index is 595. The summed E-state index contributed by atoms with van der Waals surface area (Å²) in [4.78, 5) is 14.1. The average molecular weight is 286 g/mol. The quantitative estimate of drug-likeness (QED) is 0.917. The number of hydrogen-bond donors (Lipinski definition) is 1. The van der Waals surface area contributed by atoms with Crippen molar-refractivity contribution in [1.29, 1.82) is 0 Å². The second kappa shape index (κ2) is 6.59. The van der Waals surface area contributed by atoms with Crippen LogP contribution in [0.15, 0.2) is 34.9 Å². The third-order valence-corrected chi connectivity index (χ3v) is 3.36. The number of benzene rings is 1. The van der Waals surface area contributed by atoms with Crippen molar-refractivity contribution in [3.63, 3.8) is 0 Å². The SMILES string of the molecule is Cc1cc(C)c(NC(=O)CN(C)Cc2ccco2)c(C)c1. The molecule has 2 rings (SSSR count). The molecule has 112 valence electrons. The molecule has 0 aliphatic heterocycles. The van der Waals surface area contributed by atoms with Crippen molar-refractivity contribution in [2.45, 2.75) is 27.3 Å². The first kappa shape index (κ1) is 15.3. The van der Waals surface area contributed by atoms with Gasteiger partial charge < -0.3 is 9.73 Å². The van der Waals surface area contributed by atoms with Crippen LogP contribution in [-0.2, 0) is 11.3 Å². The molecule has 1 amide bonds. The zero-order chi connectivity index (χ0) is 15.4. The molecular weight excluding hydrogens is 264 g/mol. The summed E-state index contributed by atoms with van der Waals surface area (Å²) in [5, 5.41) is 3.01. The van der Waals surface area contributed by atoms with Crippen LogP contribution < -0.4 is 5.32 Å². The fraction of sp³-hybridized carbons (Fsp3) is 0.353. The van der Waals surface area contributed by atoms with Gasteiger partial charge in [-0.1, -0.05) is 17.7 Å². The Morgan fingerprint density at radius 3 is 2.48 bits per heavy atom. The molecular formula is C17H22N2O2. The summed E-state index contributed by atoms with van der Waals surface area (Å²) in [6.07, 6.45) is 1.64. The topological polar surface area (TPSA) is 45.5 Å². The van der Waals surface area contributed by atoms with Crippen LogP contribution >= 0.6 is 0 Å². The molecule has 0 aliphatic carbocycles. The molecule has 0 aliphatic rings. The highest BCUT2D eigenvalue weighted by molar-refractivity contribution is 5.93. The highest BCUT2D eigenvalue weighted by atomic mass is 16.3. The molecule has 0 bridgehead atoms. The molecule has 1 aromatic carbocycles. The van der Waals surface area contributed by atoms with E-state index in [1.165, 1.54) is 5.56 Å². The molecule has 0 unspecified atom stereocenters. The Labute approximate surface area is 125 Å². The van der Waals surface area contributed by atoms with E-state index in [0.717, 1.165) is 22.6 Å².